The predicted molar refractivity (Wildman–Crippen MR) is 93.0 cm³/mol. The molecule has 0 N–H and O–H groups in total. The van der Waals surface area contributed by atoms with Crippen LogP contribution in [-0.2, 0) is 5.41 Å². The van der Waals surface area contributed by atoms with Crippen LogP contribution in [-0.4, -0.2) is 6.18 Å². The highest BCUT2D eigenvalue weighted by Gasteiger charge is 2.36. The van der Waals surface area contributed by atoms with Crippen molar-refractivity contribution in [2.45, 2.75) is 11.6 Å². The van der Waals surface area contributed by atoms with Crippen molar-refractivity contribution in [3.63, 3.8) is 0 Å². The highest BCUT2D eigenvalue weighted by Crippen LogP contribution is 2.39. The van der Waals surface area contributed by atoms with Crippen LogP contribution in [0.4, 0.5) is 13.2 Å². The molecule has 3 rings (SSSR count). The smallest absolute Gasteiger partial charge is 0.159 e. The molecule has 0 bridgehead atoms. The first-order chi connectivity index (χ1) is 12.0. The zero-order chi connectivity index (χ0) is 17.8. The number of hydrogen-bond donors (Lipinski definition) is 0. The molecule has 0 heterocycles. The average molecular weight is 336 g/mol. The first-order valence-electron chi connectivity index (χ1n) is 7.80. The molecule has 0 unspecified atom stereocenters. The molecule has 0 radical (unpaired) electrons. The lowest BCUT2D eigenvalue weighted by molar-refractivity contribution is -0.0698. The fourth-order valence-electron chi connectivity index (χ4n) is 2.95. The van der Waals surface area contributed by atoms with Crippen LogP contribution in [0, 0.1) is 11.8 Å². The van der Waals surface area contributed by atoms with E-state index in [1.54, 1.807) is 0 Å². The Morgan fingerprint density at radius 2 is 0.800 bits per heavy atom. The third-order valence-electron chi connectivity index (χ3n) is 4.01. The molecule has 0 aliphatic carbocycles. The summed E-state index contributed by atoms with van der Waals surface area (Å²) < 4.78 is 38.9. The monoisotopic (exact) mass is 336 g/mol. The van der Waals surface area contributed by atoms with Gasteiger partial charge in [-0.05, 0) is 16.7 Å². The molecular weight excluding hydrogens is 321 g/mol. The Morgan fingerprint density at radius 1 is 0.480 bits per heavy atom. The molecule has 0 aliphatic rings. The van der Waals surface area contributed by atoms with Crippen LogP contribution in [0.2, 0.25) is 0 Å². The van der Waals surface area contributed by atoms with Gasteiger partial charge in [0.2, 0.25) is 0 Å². The van der Waals surface area contributed by atoms with E-state index in [0.717, 1.165) is 0 Å². The summed E-state index contributed by atoms with van der Waals surface area (Å²) in [5.41, 5.74) is 0.900. The minimum Gasteiger partial charge on any atom is -0.159 e. The van der Waals surface area contributed by atoms with Gasteiger partial charge >= 0.3 is 6.18 Å². The van der Waals surface area contributed by atoms with Crippen LogP contribution in [0.15, 0.2) is 91.0 Å². The Hall–Kier alpha value is -2.99. The van der Waals surface area contributed by atoms with Gasteiger partial charge in [-0.2, -0.15) is 13.2 Å². The second-order valence-corrected chi connectivity index (χ2v) is 5.60. The van der Waals surface area contributed by atoms with E-state index < -0.39 is 11.6 Å². The van der Waals surface area contributed by atoms with E-state index >= 15 is 0 Å². The Balaban J connectivity index is 2.37. The lowest BCUT2D eigenvalue weighted by Crippen LogP contribution is -2.28. The van der Waals surface area contributed by atoms with Gasteiger partial charge in [0.15, 0.2) is 0 Å². The minimum absolute atomic E-state index is 0.698. The highest BCUT2D eigenvalue weighted by atomic mass is 19.4. The minimum atomic E-state index is -4.57. The fraction of sp³-hybridized carbons (Fsp3) is 0.0909. The molecule has 0 aromatic heterocycles. The van der Waals surface area contributed by atoms with Gasteiger partial charge in [-0.15, -0.1) is 0 Å². The Labute approximate surface area is 145 Å². The largest absolute Gasteiger partial charge is 0.457 e. The van der Waals surface area contributed by atoms with Crippen molar-refractivity contribution in [3.05, 3.63) is 108 Å². The summed E-state index contributed by atoms with van der Waals surface area (Å²) in [5.74, 6) is 4.06. The molecule has 124 valence electrons. The highest BCUT2D eigenvalue weighted by molar-refractivity contribution is 5.58. The third-order valence-corrected chi connectivity index (χ3v) is 4.01. The van der Waals surface area contributed by atoms with E-state index in [1.807, 2.05) is 91.0 Å². The maximum absolute atomic E-state index is 13.0. The average Bonchev–Trinajstić information content (AvgIpc) is 2.64. The molecule has 0 atom stereocenters. The van der Waals surface area contributed by atoms with Crippen molar-refractivity contribution >= 4 is 0 Å². The number of rotatable bonds is 3. The normalized spacial score (nSPS) is 11.5. The number of hydrogen-bond acceptors (Lipinski definition) is 0. The molecule has 0 saturated heterocycles. The zero-order valence-electron chi connectivity index (χ0n) is 13.3. The molecule has 0 saturated carbocycles. The summed E-state index contributed by atoms with van der Waals surface area (Å²) >= 11 is 0. The molecule has 3 aromatic rings. The second kappa shape index (κ2) is 6.86. The van der Waals surface area contributed by atoms with Gasteiger partial charge in [0.25, 0.3) is 0 Å². The Bertz CT molecular complexity index is 774. The quantitative estimate of drug-likeness (QED) is 0.432. The van der Waals surface area contributed by atoms with Gasteiger partial charge in [-0.1, -0.05) is 96.9 Å². The standard InChI is InChI=1S/C22H15F3/c23-22(24,25)17-16-21(18-10-4-1-5-11-18,19-12-6-2-7-13-19)20-14-8-3-9-15-20/h1-15H. The van der Waals surface area contributed by atoms with Crippen molar-refractivity contribution in [2.75, 3.05) is 0 Å². The molecule has 0 amide bonds. The van der Waals surface area contributed by atoms with Gasteiger partial charge in [0.05, 0.1) is 0 Å². The van der Waals surface area contributed by atoms with E-state index in [0.29, 0.717) is 16.7 Å². The van der Waals surface area contributed by atoms with Gasteiger partial charge in [0, 0.05) is 5.92 Å². The first kappa shape index (κ1) is 16.9. The number of benzene rings is 3. The lowest BCUT2D eigenvalue weighted by Gasteiger charge is -2.31. The molecule has 3 heteroatoms. The molecule has 0 fully saturated rings. The van der Waals surface area contributed by atoms with Gasteiger partial charge in [-0.25, -0.2) is 0 Å². The zero-order valence-corrected chi connectivity index (χ0v) is 13.3. The molecule has 0 spiro atoms. The van der Waals surface area contributed by atoms with E-state index in [-0.39, 0.29) is 0 Å². The van der Waals surface area contributed by atoms with Gasteiger partial charge in [-0.3, -0.25) is 0 Å². The van der Waals surface area contributed by atoms with Crippen molar-refractivity contribution in [2.24, 2.45) is 0 Å². The van der Waals surface area contributed by atoms with E-state index in [9.17, 15) is 13.2 Å². The van der Waals surface area contributed by atoms with Crippen molar-refractivity contribution in [1.82, 2.24) is 0 Å². The van der Waals surface area contributed by atoms with Crippen molar-refractivity contribution < 1.29 is 13.2 Å². The molecule has 25 heavy (non-hydrogen) atoms. The van der Waals surface area contributed by atoms with Crippen LogP contribution in [0.5, 0.6) is 0 Å². The second-order valence-electron chi connectivity index (χ2n) is 5.60. The first-order valence-corrected chi connectivity index (χ1v) is 7.80. The molecular formula is C22H15F3. The van der Waals surface area contributed by atoms with Crippen LogP contribution in [0.25, 0.3) is 0 Å². The van der Waals surface area contributed by atoms with E-state index in [2.05, 4.69) is 5.92 Å². The summed E-state index contributed by atoms with van der Waals surface area (Å²) in [7, 11) is 0. The SMILES string of the molecule is FC(F)(F)C#CC(c1ccccc1)(c1ccccc1)c1ccccc1. The van der Waals surface area contributed by atoms with Crippen molar-refractivity contribution in [3.8, 4) is 11.8 Å². The van der Waals surface area contributed by atoms with Crippen molar-refractivity contribution in [1.29, 1.82) is 0 Å². The Morgan fingerprint density at radius 3 is 1.08 bits per heavy atom. The summed E-state index contributed by atoms with van der Waals surface area (Å²) in [5, 5.41) is 0. The van der Waals surface area contributed by atoms with Crippen LogP contribution in [0.1, 0.15) is 16.7 Å². The summed E-state index contributed by atoms with van der Waals surface area (Å²) in [6, 6.07) is 27.2. The summed E-state index contributed by atoms with van der Waals surface area (Å²) in [6.45, 7) is 0. The summed E-state index contributed by atoms with van der Waals surface area (Å²) in [6.07, 6.45) is -4.57. The molecule has 0 nitrogen and oxygen atoms in total. The predicted octanol–water partition coefficient (Wildman–Crippen LogP) is 5.59. The van der Waals surface area contributed by atoms with Crippen LogP contribution < -0.4 is 0 Å². The lowest BCUT2D eigenvalue weighted by atomic mass is 9.70. The molecule has 0 aliphatic heterocycles. The maximum Gasteiger partial charge on any atom is 0.457 e. The Kier molecular flexibility index (Phi) is 4.63. The third kappa shape index (κ3) is 3.59. The maximum atomic E-state index is 13.0. The van der Waals surface area contributed by atoms with E-state index in [1.165, 1.54) is 5.92 Å². The van der Waals surface area contributed by atoms with Crippen LogP contribution >= 0.6 is 0 Å². The van der Waals surface area contributed by atoms with Crippen LogP contribution in [0.3, 0.4) is 0 Å². The fourth-order valence-corrected chi connectivity index (χ4v) is 2.95. The number of halogens is 3. The topological polar surface area (TPSA) is 0 Å². The van der Waals surface area contributed by atoms with Gasteiger partial charge < -0.3 is 0 Å². The number of alkyl halides is 3. The summed E-state index contributed by atoms with van der Waals surface area (Å²) in [4.78, 5) is 0. The molecule has 3 aromatic carbocycles. The van der Waals surface area contributed by atoms with E-state index in [4.69, 9.17) is 0 Å². The van der Waals surface area contributed by atoms with Gasteiger partial charge in [0.1, 0.15) is 5.41 Å².